The fourth-order valence-corrected chi connectivity index (χ4v) is 1.44. The zero-order chi connectivity index (χ0) is 8.97. The Hall–Kier alpha value is -0.830. The van der Waals surface area contributed by atoms with Gasteiger partial charge < -0.3 is 5.32 Å². The molecular formula is C9H10BrNO. The van der Waals surface area contributed by atoms with Gasteiger partial charge in [-0.1, -0.05) is 34.1 Å². The third kappa shape index (κ3) is 2.34. The van der Waals surface area contributed by atoms with Crippen LogP contribution in [0.4, 0.5) is 5.69 Å². The van der Waals surface area contributed by atoms with E-state index in [2.05, 4.69) is 21.2 Å². The van der Waals surface area contributed by atoms with Crippen LogP contribution >= 0.6 is 15.9 Å². The Morgan fingerprint density at radius 3 is 2.75 bits per heavy atom. The molecule has 0 unspecified atom stereocenters. The molecule has 1 rings (SSSR count). The van der Waals surface area contributed by atoms with E-state index in [1.165, 1.54) is 6.92 Å². The van der Waals surface area contributed by atoms with E-state index in [1.807, 2.05) is 24.3 Å². The summed E-state index contributed by atoms with van der Waals surface area (Å²) >= 11 is 3.35. The molecule has 0 aliphatic heterocycles. The third-order valence-corrected chi connectivity index (χ3v) is 2.08. The van der Waals surface area contributed by atoms with Crippen LogP contribution in [0.2, 0.25) is 0 Å². The molecule has 0 spiro atoms. The minimum Gasteiger partial charge on any atom is -0.326 e. The summed E-state index contributed by atoms with van der Waals surface area (Å²) in [6.45, 7) is 1.50. The molecule has 2 nitrogen and oxygen atoms in total. The predicted octanol–water partition coefficient (Wildman–Crippen LogP) is 2.54. The van der Waals surface area contributed by atoms with Crippen LogP contribution in [0.1, 0.15) is 12.5 Å². The van der Waals surface area contributed by atoms with Crippen LogP contribution in [0.5, 0.6) is 0 Å². The lowest BCUT2D eigenvalue weighted by Crippen LogP contribution is -2.07. The minimum atomic E-state index is -0.0385. The smallest absolute Gasteiger partial charge is 0.221 e. The number of rotatable bonds is 2. The van der Waals surface area contributed by atoms with Crippen molar-refractivity contribution in [2.75, 3.05) is 5.32 Å². The Morgan fingerprint density at radius 2 is 2.17 bits per heavy atom. The summed E-state index contributed by atoms with van der Waals surface area (Å²) < 4.78 is 0. The van der Waals surface area contributed by atoms with Gasteiger partial charge in [-0.15, -0.1) is 0 Å². The van der Waals surface area contributed by atoms with E-state index >= 15 is 0 Å². The maximum absolute atomic E-state index is 10.8. The molecule has 0 saturated carbocycles. The van der Waals surface area contributed by atoms with Crippen LogP contribution in [0.25, 0.3) is 0 Å². The van der Waals surface area contributed by atoms with E-state index in [-0.39, 0.29) is 5.91 Å². The number of para-hydroxylation sites is 1. The number of halogens is 1. The van der Waals surface area contributed by atoms with Crippen LogP contribution in [-0.4, -0.2) is 5.91 Å². The lowest BCUT2D eigenvalue weighted by atomic mass is 10.2. The maximum atomic E-state index is 10.8. The molecule has 0 atom stereocenters. The van der Waals surface area contributed by atoms with Gasteiger partial charge in [0, 0.05) is 17.9 Å². The van der Waals surface area contributed by atoms with Gasteiger partial charge in [0.15, 0.2) is 0 Å². The van der Waals surface area contributed by atoms with Crippen molar-refractivity contribution in [3.05, 3.63) is 29.8 Å². The molecular weight excluding hydrogens is 218 g/mol. The van der Waals surface area contributed by atoms with Gasteiger partial charge in [-0.25, -0.2) is 0 Å². The van der Waals surface area contributed by atoms with Crippen molar-refractivity contribution in [3.8, 4) is 0 Å². The normalized spacial score (nSPS) is 9.50. The number of amides is 1. The van der Waals surface area contributed by atoms with Gasteiger partial charge in [0.2, 0.25) is 5.91 Å². The fourth-order valence-electron chi connectivity index (χ4n) is 0.948. The summed E-state index contributed by atoms with van der Waals surface area (Å²) in [4.78, 5) is 10.8. The second kappa shape index (κ2) is 4.26. The van der Waals surface area contributed by atoms with E-state index in [4.69, 9.17) is 0 Å². The zero-order valence-corrected chi connectivity index (χ0v) is 8.39. The number of carbonyl (C=O) groups is 1. The van der Waals surface area contributed by atoms with Gasteiger partial charge >= 0.3 is 0 Å². The average Bonchev–Trinajstić information content (AvgIpc) is 2.04. The highest BCUT2D eigenvalue weighted by Gasteiger charge is 2.00. The van der Waals surface area contributed by atoms with E-state index in [0.717, 1.165) is 16.6 Å². The Kier molecular flexibility index (Phi) is 3.29. The van der Waals surface area contributed by atoms with E-state index < -0.39 is 0 Å². The van der Waals surface area contributed by atoms with Gasteiger partial charge in [0.25, 0.3) is 0 Å². The molecule has 3 heteroatoms. The molecule has 1 aromatic carbocycles. The topological polar surface area (TPSA) is 29.1 Å². The minimum absolute atomic E-state index is 0.0385. The highest BCUT2D eigenvalue weighted by Crippen LogP contribution is 2.17. The molecule has 0 radical (unpaired) electrons. The second-order valence-electron chi connectivity index (χ2n) is 2.47. The van der Waals surface area contributed by atoms with Crippen molar-refractivity contribution >= 4 is 27.5 Å². The number of alkyl halides is 1. The number of carbonyl (C=O) groups excluding carboxylic acids is 1. The monoisotopic (exact) mass is 227 g/mol. The van der Waals surface area contributed by atoms with Gasteiger partial charge in [0.1, 0.15) is 0 Å². The SMILES string of the molecule is CC(=O)Nc1ccccc1CBr. The Morgan fingerprint density at radius 1 is 1.50 bits per heavy atom. The summed E-state index contributed by atoms with van der Waals surface area (Å²) in [6.07, 6.45) is 0. The van der Waals surface area contributed by atoms with E-state index in [0.29, 0.717) is 0 Å². The summed E-state index contributed by atoms with van der Waals surface area (Å²) in [5.74, 6) is -0.0385. The molecule has 64 valence electrons. The number of anilines is 1. The lowest BCUT2D eigenvalue weighted by molar-refractivity contribution is -0.114. The molecule has 1 N–H and O–H groups in total. The molecule has 0 saturated heterocycles. The van der Waals surface area contributed by atoms with Crippen molar-refractivity contribution in [1.29, 1.82) is 0 Å². The average molecular weight is 228 g/mol. The van der Waals surface area contributed by atoms with Crippen LogP contribution in [-0.2, 0) is 10.1 Å². The highest BCUT2D eigenvalue weighted by atomic mass is 79.9. The quantitative estimate of drug-likeness (QED) is 0.774. The van der Waals surface area contributed by atoms with Gasteiger partial charge in [0.05, 0.1) is 0 Å². The van der Waals surface area contributed by atoms with Crippen molar-refractivity contribution in [2.24, 2.45) is 0 Å². The maximum Gasteiger partial charge on any atom is 0.221 e. The molecule has 0 aliphatic rings. The largest absolute Gasteiger partial charge is 0.326 e. The highest BCUT2D eigenvalue weighted by molar-refractivity contribution is 9.08. The van der Waals surface area contributed by atoms with E-state index in [1.54, 1.807) is 0 Å². The number of hydrogen-bond donors (Lipinski definition) is 1. The summed E-state index contributed by atoms with van der Waals surface area (Å²) in [5, 5.41) is 3.51. The van der Waals surface area contributed by atoms with Gasteiger partial charge in [-0.05, 0) is 11.6 Å². The van der Waals surface area contributed by atoms with Crippen molar-refractivity contribution in [1.82, 2.24) is 0 Å². The number of benzene rings is 1. The van der Waals surface area contributed by atoms with Crippen LogP contribution < -0.4 is 5.32 Å². The van der Waals surface area contributed by atoms with Crippen LogP contribution in [0, 0.1) is 0 Å². The van der Waals surface area contributed by atoms with Crippen LogP contribution in [0.3, 0.4) is 0 Å². The molecule has 0 aliphatic carbocycles. The van der Waals surface area contributed by atoms with Crippen LogP contribution in [0.15, 0.2) is 24.3 Å². The van der Waals surface area contributed by atoms with Gasteiger partial charge in [-0.3, -0.25) is 4.79 Å². The third-order valence-electron chi connectivity index (χ3n) is 1.47. The Bertz CT molecular complexity index is 286. The Balaban J connectivity index is 2.89. The van der Waals surface area contributed by atoms with Gasteiger partial charge in [-0.2, -0.15) is 0 Å². The first-order valence-corrected chi connectivity index (χ1v) is 4.77. The molecule has 0 heterocycles. The Labute approximate surface area is 80.1 Å². The first-order chi connectivity index (χ1) is 5.74. The second-order valence-corrected chi connectivity index (χ2v) is 3.03. The first-order valence-electron chi connectivity index (χ1n) is 3.65. The summed E-state index contributed by atoms with van der Waals surface area (Å²) in [6, 6.07) is 7.71. The first kappa shape index (κ1) is 9.26. The molecule has 1 amide bonds. The lowest BCUT2D eigenvalue weighted by Gasteiger charge is -2.05. The standard InChI is InChI=1S/C9H10BrNO/c1-7(12)11-9-5-3-2-4-8(9)6-10/h2-5H,6H2,1H3,(H,11,12). The molecule has 1 aromatic rings. The molecule has 0 bridgehead atoms. The summed E-state index contributed by atoms with van der Waals surface area (Å²) in [5.41, 5.74) is 1.97. The molecule has 12 heavy (non-hydrogen) atoms. The zero-order valence-electron chi connectivity index (χ0n) is 6.80. The van der Waals surface area contributed by atoms with Crippen molar-refractivity contribution in [2.45, 2.75) is 12.3 Å². The summed E-state index contributed by atoms with van der Waals surface area (Å²) in [7, 11) is 0. The predicted molar refractivity (Wildman–Crippen MR) is 53.4 cm³/mol. The van der Waals surface area contributed by atoms with Crippen molar-refractivity contribution in [3.63, 3.8) is 0 Å². The fraction of sp³-hybridized carbons (Fsp3) is 0.222. The number of nitrogens with one attached hydrogen (secondary N) is 1. The molecule has 0 fully saturated rings. The molecule has 0 aromatic heterocycles. The number of hydrogen-bond acceptors (Lipinski definition) is 1. The van der Waals surface area contributed by atoms with E-state index in [9.17, 15) is 4.79 Å². The van der Waals surface area contributed by atoms with Crippen molar-refractivity contribution < 1.29 is 4.79 Å².